The third-order valence-electron chi connectivity index (χ3n) is 4.25. The lowest BCUT2D eigenvalue weighted by atomic mass is 9.96. The second-order valence-corrected chi connectivity index (χ2v) is 5.55. The van der Waals surface area contributed by atoms with E-state index < -0.39 is 17.8 Å². The summed E-state index contributed by atoms with van der Waals surface area (Å²) < 4.78 is 44.9. The van der Waals surface area contributed by atoms with E-state index in [2.05, 4.69) is 4.90 Å². The van der Waals surface area contributed by atoms with Gasteiger partial charge in [0.15, 0.2) is 0 Å². The molecule has 0 amide bonds. The third-order valence-corrected chi connectivity index (χ3v) is 4.25. The van der Waals surface area contributed by atoms with Crippen molar-refractivity contribution in [2.75, 3.05) is 19.7 Å². The van der Waals surface area contributed by atoms with Gasteiger partial charge in [0.1, 0.15) is 0 Å². The van der Waals surface area contributed by atoms with Crippen LogP contribution < -0.4 is 0 Å². The molecule has 2 aliphatic rings. The summed E-state index contributed by atoms with van der Waals surface area (Å²) in [5.41, 5.74) is -0.301. The lowest BCUT2D eigenvalue weighted by molar-refractivity contribution is -0.141. The van der Waals surface area contributed by atoms with Crippen molar-refractivity contribution < 1.29 is 17.9 Å². The molecule has 0 aliphatic carbocycles. The van der Waals surface area contributed by atoms with Crippen LogP contribution in [0.4, 0.5) is 13.2 Å². The first kappa shape index (κ1) is 16.6. The Bertz CT molecular complexity index is 480. The Morgan fingerprint density at radius 2 is 1.90 bits per heavy atom. The summed E-state index contributed by atoms with van der Waals surface area (Å²) in [7, 11) is 0. The number of alkyl halides is 3. The molecule has 2 nitrogen and oxygen atoms in total. The van der Waals surface area contributed by atoms with Crippen LogP contribution in [0.1, 0.15) is 36.5 Å². The van der Waals surface area contributed by atoms with Crippen LogP contribution in [0.2, 0.25) is 0 Å². The van der Waals surface area contributed by atoms with E-state index in [1.807, 2.05) is 0 Å². The predicted octanol–water partition coefficient (Wildman–Crippen LogP) is 4.05. The second-order valence-electron chi connectivity index (χ2n) is 5.55. The van der Waals surface area contributed by atoms with Gasteiger partial charge in [-0.15, -0.1) is 12.4 Å². The Balaban J connectivity index is 0.00000161. The van der Waals surface area contributed by atoms with Gasteiger partial charge in [-0.25, -0.2) is 0 Å². The SMILES string of the molecule is Cl.FC(F)(F)c1ccccc1C1CN2CCCCC2CO1. The number of hydrogen-bond donors (Lipinski definition) is 0. The van der Waals surface area contributed by atoms with Gasteiger partial charge < -0.3 is 4.74 Å². The molecule has 2 saturated heterocycles. The Morgan fingerprint density at radius 3 is 2.67 bits per heavy atom. The highest BCUT2D eigenvalue weighted by Gasteiger charge is 2.38. The van der Waals surface area contributed by atoms with Gasteiger partial charge in [-0.05, 0) is 31.0 Å². The summed E-state index contributed by atoms with van der Waals surface area (Å²) in [5, 5.41) is 0. The summed E-state index contributed by atoms with van der Waals surface area (Å²) in [6.45, 7) is 2.08. The minimum Gasteiger partial charge on any atom is -0.371 e. The molecule has 0 N–H and O–H groups in total. The van der Waals surface area contributed by atoms with Crippen molar-refractivity contribution in [2.45, 2.75) is 37.6 Å². The van der Waals surface area contributed by atoms with Crippen molar-refractivity contribution >= 4 is 12.4 Å². The lowest BCUT2D eigenvalue weighted by Gasteiger charge is -2.42. The number of hydrogen-bond acceptors (Lipinski definition) is 2. The van der Waals surface area contributed by atoms with Gasteiger partial charge >= 0.3 is 6.18 Å². The normalized spacial score (nSPS) is 26.8. The number of ether oxygens (including phenoxy) is 1. The number of halogens is 4. The van der Waals surface area contributed by atoms with Gasteiger partial charge in [-0.2, -0.15) is 13.2 Å². The molecule has 21 heavy (non-hydrogen) atoms. The van der Waals surface area contributed by atoms with Crippen molar-refractivity contribution in [3.8, 4) is 0 Å². The van der Waals surface area contributed by atoms with Crippen LogP contribution in [0.5, 0.6) is 0 Å². The molecular formula is C15H19ClF3NO. The monoisotopic (exact) mass is 321 g/mol. The van der Waals surface area contributed by atoms with E-state index in [9.17, 15) is 13.2 Å². The topological polar surface area (TPSA) is 12.5 Å². The summed E-state index contributed by atoms with van der Waals surface area (Å²) in [6.07, 6.45) is -1.38. The quantitative estimate of drug-likeness (QED) is 0.773. The Labute approximate surface area is 128 Å². The van der Waals surface area contributed by atoms with Gasteiger partial charge in [0.05, 0.1) is 18.3 Å². The number of nitrogens with zero attached hydrogens (tertiary/aromatic N) is 1. The zero-order valence-electron chi connectivity index (χ0n) is 11.6. The molecule has 0 aromatic heterocycles. The summed E-state index contributed by atoms with van der Waals surface area (Å²) in [6, 6.07) is 6.14. The highest BCUT2D eigenvalue weighted by molar-refractivity contribution is 5.85. The first-order chi connectivity index (χ1) is 9.55. The molecule has 118 valence electrons. The van der Waals surface area contributed by atoms with Crippen LogP contribution in [-0.4, -0.2) is 30.6 Å². The molecule has 2 fully saturated rings. The van der Waals surface area contributed by atoms with Gasteiger partial charge in [-0.3, -0.25) is 4.90 Å². The fraction of sp³-hybridized carbons (Fsp3) is 0.600. The third kappa shape index (κ3) is 3.52. The number of piperidine rings is 1. The first-order valence-corrected chi connectivity index (χ1v) is 7.07. The molecule has 0 spiro atoms. The van der Waals surface area contributed by atoms with E-state index in [0.29, 0.717) is 19.2 Å². The molecule has 3 rings (SSSR count). The average molecular weight is 322 g/mol. The Hall–Kier alpha value is -0.780. The van der Waals surface area contributed by atoms with E-state index in [0.717, 1.165) is 25.5 Å². The van der Waals surface area contributed by atoms with Crippen molar-refractivity contribution in [2.24, 2.45) is 0 Å². The smallest absolute Gasteiger partial charge is 0.371 e. The molecule has 0 saturated carbocycles. The van der Waals surface area contributed by atoms with Crippen LogP contribution in [-0.2, 0) is 10.9 Å². The van der Waals surface area contributed by atoms with Gasteiger partial charge in [-0.1, -0.05) is 24.6 Å². The lowest BCUT2D eigenvalue weighted by Crippen LogP contribution is -2.49. The summed E-state index contributed by atoms with van der Waals surface area (Å²) >= 11 is 0. The van der Waals surface area contributed by atoms with Gasteiger partial charge in [0.25, 0.3) is 0 Å². The summed E-state index contributed by atoms with van der Waals surface area (Å²) in [5.74, 6) is 0. The fourth-order valence-electron chi connectivity index (χ4n) is 3.21. The van der Waals surface area contributed by atoms with Crippen LogP contribution in [0.25, 0.3) is 0 Å². The molecule has 2 unspecified atom stereocenters. The van der Waals surface area contributed by atoms with Crippen molar-refractivity contribution in [1.82, 2.24) is 4.90 Å². The highest BCUT2D eigenvalue weighted by atomic mass is 35.5. The van der Waals surface area contributed by atoms with E-state index in [1.165, 1.54) is 18.6 Å². The van der Waals surface area contributed by atoms with Gasteiger partial charge in [0.2, 0.25) is 0 Å². The minimum atomic E-state index is -4.32. The Kier molecular flexibility index (Phi) is 5.17. The molecule has 2 atom stereocenters. The molecule has 1 aromatic carbocycles. The molecule has 0 radical (unpaired) electrons. The number of rotatable bonds is 1. The van der Waals surface area contributed by atoms with Crippen LogP contribution in [0, 0.1) is 0 Å². The maximum atomic E-state index is 13.1. The molecule has 1 aromatic rings. The van der Waals surface area contributed by atoms with Crippen molar-refractivity contribution in [1.29, 1.82) is 0 Å². The maximum Gasteiger partial charge on any atom is 0.416 e. The molecule has 6 heteroatoms. The zero-order valence-corrected chi connectivity index (χ0v) is 12.4. The van der Waals surface area contributed by atoms with Crippen LogP contribution in [0.15, 0.2) is 24.3 Å². The maximum absolute atomic E-state index is 13.1. The fourth-order valence-corrected chi connectivity index (χ4v) is 3.21. The highest BCUT2D eigenvalue weighted by Crippen LogP contribution is 2.38. The Morgan fingerprint density at radius 1 is 1.14 bits per heavy atom. The summed E-state index contributed by atoms with van der Waals surface area (Å²) in [4.78, 5) is 2.28. The second kappa shape index (κ2) is 6.55. The minimum absolute atomic E-state index is 0. The van der Waals surface area contributed by atoms with E-state index in [-0.39, 0.29) is 18.0 Å². The van der Waals surface area contributed by atoms with Crippen molar-refractivity contribution in [3.05, 3.63) is 35.4 Å². The predicted molar refractivity (Wildman–Crippen MR) is 76.6 cm³/mol. The average Bonchev–Trinajstić information content (AvgIpc) is 2.46. The molecule has 2 aliphatic heterocycles. The molecule has 0 bridgehead atoms. The van der Waals surface area contributed by atoms with Crippen LogP contribution in [0.3, 0.4) is 0 Å². The number of fused-ring (bicyclic) bond motifs is 1. The zero-order chi connectivity index (χ0) is 14.2. The largest absolute Gasteiger partial charge is 0.416 e. The number of morpholine rings is 1. The molecule has 2 heterocycles. The molecular weight excluding hydrogens is 303 g/mol. The standard InChI is InChI=1S/C15H18F3NO.ClH/c16-15(17,18)13-7-2-1-6-12(13)14-9-19-8-4-3-5-11(19)10-20-14;/h1-2,6-7,11,14H,3-5,8-10H2;1H. The van der Waals surface area contributed by atoms with E-state index in [4.69, 9.17) is 4.74 Å². The first-order valence-electron chi connectivity index (χ1n) is 7.07. The van der Waals surface area contributed by atoms with E-state index >= 15 is 0 Å². The van der Waals surface area contributed by atoms with Gasteiger partial charge in [0, 0.05) is 12.6 Å². The van der Waals surface area contributed by atoms with Crippen LogP contribution >= 0.6 is 12.4 Å². The van der Waals surface area contributed by atoms with Crippen molar-refractivity contribution in [3.63, 3.8) is 0 Å². The number of benzene rings is 1. The van der Waals surface area contributed by atoms with E-state index in [1.54, 1.807) is 6.07 Å².